The topological polar surface area (TPSA) is 20.2 Å². The second-order valence-electron chi connectivity index (χ2n) is 3.86. The first-order chi connectivity index (χ1) is 6.73. The van der Waals surface area contributed by atoms with E-state index in [2.05, 4.69) is 25.1 Å². The Morgan fingerprint density at radius 1 is 1.29 bits per heavy atom. The van der Waals surface area contributed by atoms with E-state index in [-0.39, 0.29) is 12.0 Å². The summed E-state index contributed by atoms with van der Waals surface area (Å²) < 4.78 is 0. The molecule has 0 spiro atoms. The van der Waals surface area contributed by atoms with Gasteiger partial charge in [0.25, 0.3) is 0 Å². The summed E-state index contributed by atoms with van der Waals surface area (Å²) >= 11 is 0. The van der Waals surface area contributed by atoms with Crippen LogP contribution in [0.25, 0.3) is 0 Å². The SMILES string of the molecule is CC=CCC(C)(CO)c1ccccc1. The fourth-order valence-electron chi connectivity index (χ4n) is 1.49. The highest BCUT2D eigenvalue weighted by Crippen LogP contribution is 2.27. The minimum Gasteiger partial charge on any atom is -0.395 e. The van der Waals surface area contributed by atoms with Crippen LogP contribution in [0.4, 0.5) is 0 Å². The van der Waals surface area contributed by atoms with Gasteiger partial charge in [-0.2, -0.15) is 0 Å². The summed E-state index contributed by atoms with van der Waals surface area (Å²) in [5.41, 5.74) is 1.05. The standard InChI is InChI=1S/C13H18O/c1-3-4-10-13(2,11-14)12-8-6-5-7-9-12/h3-9,14H,10-11H2,1-2H3. The van der Waals surface area contributed by atoms with Gasteiger partial charge in [-0.15, -0.1) is 0 Å². The van der Waals surface area contributed by atoms with E-state index in [0.717, 1.165) is 6.42 Å². The molecule has 1 unspecified atom stereocenters. The molecule has 0 bridgehead atoms. The van der Waals surface area contributed by atoms with Crippen LogP contribution in [0, 0.1) is 0 Å². The van der Waals surface area contributed by atoms with Crippen LogP contribution in [-0.4, -0.2) is 11.7 Å². The number of benzene rings is 1. The van der Waals surface area contributed by atoms with Crippen molar-refractivity contribution < 1.29 is 5.11 Å². The number of aliphatic hydroxyl groups excluding tert-OH is 1. The first-order valence-corrected chi connectivity index (χ1v) is 5.00. The van der Waals surface area contributed by atoms with Crippen molar-refractivity contribution in [3.8, 4) is 0 Å². The molecule has 1 heteroatoms. The molecule has 1 aromatic rings. The summed E-state index contributed by atoms with van der Waals surface area (Å²) in [6.45, 7) is 4.27. The molecule has 0 aliphatic carbocycles. The molecule has 0 saturated heterocycles. The van der Waals surface area contributed by atoms with Gasteiger partial charge >= 0.3 is 0 Å². The van der Waals surface area contributed by atoms with E-state index in [1.165, 1.54) is 5.56 Å². The molecule has 0 fully saturated rings. The lowest BCUT2D eigenvalue weighted by Crippen LogP contribution is -2.25. The van der Waals surface area contributed by atoms with E-state index in [9.17, 15) is 5.11 Å². The van der Waals surface area contributed by atoms with Gasteiger partial charge in [-0.25, -0.2) is 0 Å². The van der Waals surface area contributed by atoms with Crippen molar-refractivity contribution in [2.24, 2.45) is 0 Å². The summed E-state index contributed by atoms with van der Waals surface area (Å²) in [7, 11) is 0. The van der Waals surface area contributed by atoms with Crippen molar-refractivity contribution >= 4 is 0 Å². The second-order valence-corrected chi connectivity index (χ2v) is 3.86. The largest absolute Gasteiger partial charge is 0.395 e. The lowest BCUT2D eigenvalue weighted by Gasteiger charge is -2.26. The maximum atomic E-state index is 9.43. The fourth-order valence-corrected chi connectivity index (χ4v) is 1.49. The smallest absolute Gasteiger partial charge is 0.0528 e. The Bertz CT molecular complexity index is 289. The van der Waals surface area contributed by atoms with Crippen LogP contribution >= 0.6 is 0 Å². The summed E-state index contributed by atoms with van der Waals surface area (Å²) in [4.78, 5) is 0. The second kappa shape index (κ2) is 4.97. The highest BCUT2D eigenvalue weighted by Gasteiger charge is 2.23. The van der Waals surface area contributed by atoms with E-state index in [1.54, 1.807) is 0 Å². The average molecular weight is 190 g/mol. The van der Waals surface area contributed by atoms with Crippen LogP contribution in [-0.2, 0) is 5.41 Å². The molecule has 14 heavy (non-hydrogen) atoms. The van der Waals surface area contributed by atoms with Gasteiger partial charge in [0.05, 0.1) is 6.61 Å². The molecule has 1 nitrogen and oxygen atoms in total. The third kappa shape index (κ3) is 2.46. The molecule has 0 aliphatic rings. The normalized spacial score (nSPS) is 15.6. The number of allylic oxidation sites excluding steroid dienone is 2. The fraction of sp³-hybridized carbons (Fsp3) is 0.385. The van der Waals surface area contributed by atoms with Gasteiger partial charge in [0, 0.05) is 5.41 Å². The maximum absolute atomic E-state index is 9.43. The van der Waals surface area contributed by atoms with Gasteiger partial charge in [-0.3, -0.25) is 0 Å². The van der Waals surface area contributed by atoms with Gasteiger partial charge in [0.15, 0.2) is 0 Å². The van der Waals surface area contributed by atoms with Crippen molar-refractivity contribution in [2.45, 2.75) is 25.7 Å². The molecular weight excluding hydrogens is 172 g/mol. The lowest BCUT2D eigenvalue weighted by molar-refractivity contribution is 0.207. The maximum Gasteiger partial charge on any atom is 0.0528 e. The Hall–Kier alpha value is -1.08. The molecule has 76 valence electrons. The summed E-state index contributed by atoms with van der Waals surface area (Å²) in [5, 5.41) is 9.43. The summed E-state index contributed by atoms with van der Waals surface area (Å²) in [5.74, 6) is 0. The Morgan fingerprint density at radius 3 is 2.43 bits per heavy atom. The van der Waals surface area contributed by atoms with Crippen molar-refractivity contribution in [3.05, 3.63) is 48.0 Å². The third-order valence-corrected chi connectivity index (χ3v) is 2.62. The van der Waals surface area contributed by atoms with Gasteiger partial charge in [0.1, 0.15) is 0 Å². The quantitative estimate of drug-likeness (QED) is 0.724. The van der Waals surface area contributed by atoms with Gasteiger partial charge in [0.2, 0.25) is 0 Å². The first kappa shape index (κ1) is 11.0. The zero-order valence-electron chi connectivity index (χ0n) is 8.90. The number of rotatable bonds is 4. The van der Waals surface area contributed by atoms with Gasteiger partial charge in [-0.05, 0) is 18.9 Å². The molecule has 1 aromatic carbocycles. The molecule has 0 saturated carbocycles. The van der Waals surface area contributed by atoms with E-state index >= 15 is 0 Å². The van der Waals surface area contributed by atoms with Crippen LogP contribution in [0.5, 0.6) is 0 Å². The minimum absolute atomic E-state index is 0.145. The van der Waals surface area contributed by atoms with Crippen LogP contribution in [0.1, 0.15) is 25.8 Å². The predicted octanol–water partition coefficient (Wildman–Crippen LogP) is 2.90. The van der Waals surface area contributed by atoms with Crippen LogP contribution in [0.3, 0.4) is 0 Å². The van der Waals surface area contributed by atoms with Crippen molar-refractivity contribution in [3.63, 3.8) is 0 Å². The molecular formula is C13H18O. The zero-order chi connectivity index (χ0) is 10.4. The average Bonchev–Trinajstić information content (AvgIpc) is 2.27. The number of hydrogen-bond acceptors (Lipinski definition) is 1. The molecule has 0 amide bonds. The molecule has 1 atom stereocenters. The molecule has 0 radical (unpaired) electrons. The van der Waals surface area contributed by atoms with Crippen LogP contribution < -0.4 is 0 Å². The Labute approximate surface area is 86.1 Å². The van der Waals surface area contributed by atoms with E-state index in [4.69, 9.17) is 0 Å². The van der Waals surface area contributed by atoms with Gasteiger partial charge < -0.3 is 5.11 Å². The number of aliphatic hydroxyl groups is 1. The molecule has 0 heterocycles. The Morgan fingerprint density at radius 2 is 1.93 bits per heavy atom. The monoisotopic (exact) mass is 190 g/mol. The number of hydrogen-bond donors (Lipinski definition) is 1. The molecule has 0 aromatic heterocycles. The molecule has 1 rings (SSSR count). The van der Waals surface area contributed by atoms with E-state index < -0.39 is 0 Å². The summed E-state index contributed by atoms with van der Waals surface area (Å²) in [6, 6.07) is 10.2. The lowest BCUT2D eigenvalue weighted by atomic mass is 9.80. The van der Waals surface area contributed by atoms with Crippen molar-refractivity contribution in [1.82, 2.24) is 0 Å². The molecule has 1 N–H and O–H groups in total. The highest BCUT2D eigenvalue weighted by atomic mass is 16.3. The van der Waals surface area contributed by atoms with Crippen molar-refractivity contribution in [1.29, 1.82) is 0 Å². The van der Waals surface area contributed by atoms with Crippen LogP contribution in [0.15, 0.2) is 42.5 Å². The first-order valence-electron chi connectivity index (χ1n) is 5.00. The molecule has 0 aliphatic heterocycles. The van der Waals surface area contributed by atoms with Gasteiger partial charge in [-0.1, -0.05) is 49.4 Å². The minimum atomic E-state index is -0.145. The van der Waals surface area contributed by atoms with Crippen molar-refractivity contribution in [2.75, 3.05) is 6.61 Å². The summed E-state index contributed by atoms with van der Waals surface area (Å²) in [6.07, 6.45) is 5.00. The third-order valence-electron chi connectivity index (χ3n) is 2.62. The van der Waals surface area contributed by atoms with Crippen LogP contribution in [0.2, 0.25) is 0 Å². The van der Waals surface area contributed by atoms with E-state index in [1.807, 2.05) is 31.2 Å². The Kier molecular flexibility index (Phi) is 3.90. The van der Waals surface area contributed by atoms with E-state index in [0.29, 0.717) is 0 Å². The highest BCUT2D eigenvalue weighted by molar-refractivity contribution is 5.25. The Balaban J connectivity index is 2.89. The predicted molar refractivity (Wildman–Crippen MR) is 60.3 cm³/mol. The zero-order valence-corrected chi connectivity index (χ0v) is 8.90.